The van der Waals surface area contributed by atoms with Crippen LogP contribution in [0.5, 0.6) is 0 Å². The first-order valence-corrected chi connectivity index (χ1v) is 6.75. The molecule has 0 aliphatic heterocycles. The van der Waals surface area contributed by atoms with Crippen molar-refractivity contribution in [3.63, 3.8) is 0 Å². The zero-order chi connectivity index (χ0) is 15.2. The molecule has 1 atom stereocenters. The molecule has 0 radical (unpaired) electrons. The fourth-order valence-electron chi connectivity index (χ4n) is 2.02. The van der Waals surface area contributed by atoms with Gasteiger partial charge in [0, 0.05) is 17.3 Å². The molecule has 0 spiro atoms. The van der Waals surface area contributed by atoms with E-state index in [1.165, 1.54) is 0 Å². The number of urea groups is 1. The molecular formula is C15H17N3O3. The van der Waals surface area contributed by atoms with E-state index in [0.29, 0.717) is 18.5 Å². The normalized spacial score (nSPS) is 11.9. The molecule has 2 aromatic rings. The first-order chi connectivity index (χ1) is 10.1. The van der Waals surface area contributed by atoms with E-state index < -0.39 is 18.0 Å². The van der Waals surface area contributed by atoms with Crippen LogP contribution < -0.4 is 10.6 Å². The van der Waals surface area contributed by atoms with Crippen LogP contribution in [0.2, 0.25) is 0 Å². The van der Waals surface area contributed by atoms with Crippen LogP contribution in [0.4, 0.5) is 10.5 Å². The minimum absolute atomic E-state index is 0.393. The number of hydrogen-bond donors (Lipinski definition) is 3. The number of nitrogens with one attached hydrogen (secondary N) is 2. The second-order valence-electron chi connectivity index (χ2n) is 4.69. The van der Waals surface area contributed by atoms with Crippen LogP contribution in [0.25, 0.3) is 10.9 Å². The molecule has 110 valence electrons. The molecule has 0 saturated carbocycles. The minimum Gasteiger partial charge on any atom is -0.480 e. The van der Waals surface area contributed by atoms with E-state index in [1.807, 2.05) is 19.1 Å². The topological polar surface area (TPSA) is 91.3 Å². The standard InChI is InChI=1S/C15H17N3O3/c1-2-4-13(14(19)20)18-15(21)17-11-6-7-12-10(9-11)5-3-8-16-12/h3,5-9,13H,2,4H2,1H3,(H,19,20)(H2,17,18,21). The summed E-state index contributed by atoms with van der Waals surface area (Å²) in [5, 5.41) is 15.0. The van der Waals surface area contributed by atoms with E-state index in [2.05, 4.69) is 15.6 Å². The lowest BCUT2D eigenvalue weighted by molar-refractivity contribution is -0.139. The summed E-state index contributed by atoms with van der Waals surface area (Å²) >= 11 is 0. The molecule has 1 unspecified atom stereocenters. The summed E-state index contributed by atoms with van der Waals surface area (Å²) in [6.45, 7) is 1.87. The Morgan fingerprint density at radius 3 is 2.86 bits per heavy atom. The smallest absolute Gasteiger partial charge is 0.326 e. The van der Waals surface area contributed by atoms with Crippen molar-refractivity contribution in [3.05, 3.63) is 36.5 Å². The van der Waals surface area contributed by atoms with Gasteiger partial charge in [-0.2, -0.15) is 0 Å². The first-order valence-electron chi connectivity index (χ1n) is 6.75. The second-order valence-corrected chi connectivity index (χ2v) is 4.69. The van der Waals surface area contributed by atoms with Crippen molar-refractivity contribution >= 4 is 28.6 Å². The van der Waals surface area contributed by atoms with E-state index in [4.69, 9.17) is 5.11 Å². The van der Waals surface area contributed by atoms with E-state index in [9.17, 15) is 9.59 Å². The molecule has 0 saturated heterocycles. The fourth-order valence-corrected chi connectivity index (χ4v) is 2.02. The lowest BCUT2D eigenvalue weighted by Crippen LogP contribution is -2.42. The van der Waals surface area contributed by atoms with Crippen molar-refractivity contribution in [3.8, 4) is 0 Å². The minimum atomic E-state index is -1.03. The number of aliphatic carboxylic acids is 1. The number of fused-ring (bicyclic) bond motifs is 1. The maximum absolute atomic E-state index is 11.8. The Kier molecular flexibility index (Phi) is 4.71. The SMILES string of the molecule is CCCC(NC(=O)Nc1ccc2ncccc2c1)C(=O)O. The summed E-state index contributed by atoms with van der Waals surface area (Å²) in [6, 6.07) is 7.61. The Bertz CT molecular complexity index is 657. The number of nitrogens with zero attached hydrogens (tertiary/aromatic N) is 1. The van der Waals surface area contributed by atoms with Crippen LogP contribution >= 0.6 is 0 Å². The number of carboxylic acid groups (broad SMARTS) is 1. The van der Waals surface area contributed by atoms with E-state index in [0.717, 1.165) is 10.9 Å². The van der Waals surface area contributed by atoms with Gasteiger partial charge in [-0.3, -0.25) is 4.98 Å². The number of aromatic nitrogens is 1. The Morgan fingerprint density at radius 1 is 1.33 bits per heavy atom. The van der Waals surface area contributed by atoms with Gasteiger partial charge in [0.25, 0.3) is 0 Å². The average molecular weight is 287 g/mol. The third-order valence-electron chi connectivity index (χ3n) is 3.04. The van der Waals surface area contributed by atoms with Crippen molar-refractivity contribution in [1.29, 1.82) is 0 Å². The number of rotatable bonds is 5. The number of amides is 2. The highest BCUT2D eigenvalue weighted by Crippen LogP contribution is 2.16. The zero-order valence-electron chi connectivity index (χ0n) is 11.7. The van der Waals surface area contributed by atoms with Crippen molar-refractivity contribution < 1.29 is 14.7 Å². The van der Waals surface area contributed by atoms with Crippen LogP contribution in [0.3, 0.4) is 0 Å². The highest BCUT2D eigenvalue weighted by atomic mass is 16.4. The number of carbonyl (C=O) groups is 2. The fraction of sp³-hybridized carbons (Fsp3) is 0.267. The van der Waals surface area contributed by atoms with Crippen LogP contribution in [-0.4, -0.2) is 28.1 Å². The maximum atomic E-state index is 11.8. The molecule has 0 fully saturated rings. The Labute approximate surface area is 122 Å². The largest absolute Gasteiger partial charge is 0.480 e. The third-order valence-corrected chi connectivity index (χ3v) is 3.04. The molecule has 2 rings (SSSR count). The quantitative estimate of drug-likeness (QED) is 0.788. The Morgan fingerprint density at radius 2 is 2.14 bits per heavy atom. The van der Waals surface area contributed by atoms with Gasteiger partial charge in [0.05, 0.1) is 5.52 Å². The molecule has 6 nitrogen and oxygen atoms in total. The zero-order valence-corrected chi connectivity index (χ0v) is 11.7. The Balaban J connectivity index is 2.05. The first kappa shape index (κ1) is 14.8. The van der Waals surface area contributed by atoms with Gasteiger partial charge < -0.3 is 15.7 Å². The highest BCUT2D eigenvalue weighted by molar-refractivity contribution is 5.94. The summed E-state index contributed by atoms with van der Waals surface area (Å²) in [5.41, 5.74) is 1.42. The van der Waals surface area contributed by atoms with Gasteiger partial charge in [0.1, 0.15) is 6.04 Å². The summed E-state index contributed by atoms with van der Waals surface area (Å²) in [7, 11) is 0. The molecule has 0 bridgehead atoms. The summed E-state index contributed by atoms with van der Waals surface area (Å²) < 4.78 is 0. The van der Waals surface area contributed by atoms with Gasteiger partial charge in [-0.25, -0.2) is 9.59 Å². The number of carboxylic acids is 1. The van der Waals surface area contributed by atoms with Gasteiger partial charge in [-0.1, -0.05) is 19.4 Å². The molecule has 2 amide bonds. The van der Waals surface area contributed by atoms with Gasteiger partial charge in [0.15, 0.2) is 0 Å². The lowest BCUT2D eigenvalue weighted by atomic mass is 10.2. The molecule has 1 aromatic carbocycles. The van der Waals surface area contributed by atoms with Gasteiger partial charge in [-0.05, 0) is 30.7 Å². The third kappa shape index (κ3) is 3.92. The lowest BCUT2D eigenvalue weighted by Gasteiger charge is -2.14. The van der Waals surface area contributed by atoms with Crippen LogP contribution in [-0.2, 0) is 4.79 Å². The monoisotopic (exact) mass is 287 g/mol. The molecule has 1 heterocycles. The number of benzene rings is 1. The van der Waals surface area contributed by atoms with E-state index >= 15 is 0 Å². The summed E-state index contributed by atoms with van der Waals surface area (Å²) in [5.74, 6) is -1.03. The number of anilines is 1. The Hall–Kier alpha value is -2.63. The predicted octanol–water partition coefficient (Wildman–Crippen LogP) is 2.61. The van der Waals surface area contributed by atoms with Gasteiger partial charge in [0.2, 0.25) is 0 Å². The van der Waals surface area contributed by atoms with Crippen LogP contribution in [0.1, 0.15) is 19.8 Å². The number of hydrogen-bond acceptors (Lipinski definition) is 3. The van der Waals surface area contributed by atoms with Gasteiger partial charge >= 0.3 is 12.0 Å². The van der Waals surface area contributed by atoms with Crippen molar-refractivity contribution in [2.75, 3.05) is 5.32 Å². The number of pyridine rings is 1. The maximum Gasteiger partial charge on any atom is 0.326 e. The molecule has 21 heavy (non-hydrogen) atoms. The number of carbonyl (C=O) groups excluding carboxylic acids is 1. The molecule has 3 N–H and O–H groups in total. The van der Waals surface area contributed by atoms with Crippen LogP contribution in [0, 0.1) is 0 Å². The van der Waals surface area contributed by atoms with Gasteiger partial charge in [-0.15, -0.1) is 0 Å². The molecule has 6 heteroatoms. The second kappa shape index (κ2) is 6.69. The molecular weight excluding hydrogens is 270 g/mol. The molecule has 0 aliphatic rings. The van der Waals surface area contributed by atoms with Crippen LogP contribution in [0.15, 0.2) is 36.5 Å². The average Bonchev–Trinajstić information content (AvgIpc) is 2.46. The molecule has 1 aromatic heterocycles. The van der Waals surface area contributed by atoms with E-state index in [1.54, 1.807) is 24.4 Å². The summed E-state index contributed by atoms with van der Waals surface area (Å²) in [4.78, 5) is 27.0. The molecule has 0 aliphatic carbocycles. The predicted molar refractivity (Wildman–Crippen MR) is 80.2 cm³/mol. The van der Waals surface area contributed by atoms with Crippen molar-refractivity contribution in [1.82, 2.24) is 10.3 Å². The van der Waals surface area contributed by atoms with Crippen molar-refractivity contribution in [2.45, 2.75) is 25.8 Å². The summed E-state index contributed by atoms with van der Waals surface area (Å²) in [6.07, 6.45) is 2.77. The van der Waals surface area contributed by atoms with E-state index in [-0.39, 0.29) is 0 Å². The van der Waals surface area contributed by atoms with Crippen molar-refractivity contribution in [2.24, 2.45) is 0 Å². The highest BCUT2D eigenvalue weighted by Gasteiger charge is 2.18.